The van der Waals surface area contributed by atoms with Crippen LogP contribution in [0.3, 0.4) is 0 Å². The van der Waals surface area contributed by atoms with E-state index in [0.29, 0.717) is 11.2 Å². The summed E-state index contributed by atoms with van der Waals surface area (Å²) in [5.41, 5.74) is 5.90. The molecule has 1 aromatic carbocycles. The molecule has 2 aromatic heterocycles. The van der Waals surface area contributed by atoms with Crippen LogP contribution in [0.4, 0.5) is 33.5 Å². The van der Waals surface area contributed by atoms with E-state index in [1.807, 2.05) is 0 Å². The van der Waals surface area contributed by atoms with Gasteiger partial charge in [-0.25, -0.2) is 18.3 Å². The molecule has 13 heteroatoms. The monoisotopic (exact) mass is 497 g/mol. The van der Waals surface area contributed by atoms with Gasteiger partial charge in [0.1, 0.15) is 5.52 Å². The molecule has 0 spiro atoms. The predicted octanol–water partition coefficient (Wildman–Crippen LogP) is 3.49. The van der Waals surface area contributed by atoms with Crippen LogP contribution in [0, 0.1) is 6.92 Å². The third-order valence-electron chi connectivity index (χ3n) is 5.60. The molecule has 35 heavy (non-hydrogen) atoms. The molecule has 0 unspecified atom stereocenters. The Morgan fingerprint density at radius 2 is 2.00 bits per heavy atom. The summed E-state index contributed by atoms with van der Waals surface area (Å²) in [5.74, 6) is -3.46. The number of nitrogen functional groups attached to an aromatic ring is 1. The summed E-state index contributed by atoms with van der Waals surface area (Å²) in [7, 11) is 0. The number of halogens is 5. The summed E-state index contributed by atoms with van der Waals surface area (Å²) in [6, 6.07) is 4.07. The highest BCUT2D eigenvalue weighted by Gasteiger charge is 2.36. The second-order valence-corrected chi connectivity index (χ2v) is 8.60. The van der Waals surface area contributed by atoms with Crippen LogP contribution in [-0.4, -0.2) is 57.5 Å². The summed E-state index contributed by atoms with van der Waals surface area (Å²) in [4.78, 5) is 18.4. The van der Waals surface area contributed by atoms with Gasteiger partial charge >= 0.3 is 6.18 Å². The van der Waals surface area contributed by atoms with E-state index < -0.39 is 42.7 Å². The highest BCUT2D eigenvalue weighted by atomic mass is 19.4. The van der Waals surface area contributed by atoms with Gasteiger partial charge in [0.2, 0.25) is 0 Å². The van der Waals surface area contributed by atoms with Crippen molar-refractivity contribution in [3.05, 3.63) is 53.0 Å². The molecule has 0 aliphatic carbocycles. The highest BCUT2D eigenvalue weighted by Crippen LogP contribution is 2.33. The van der Waals surface area contributed by atoms with Crippen LogP contribution in [0.1, 0.15) is 40.3 Å². The second kappa shape index (κ2) is 8.95. The topological polar surface area (TPSA) is 101 Å². The lowest BCUT2D eigenvalue weighted by molar-refractivity contribution is -0.137. The van der Waals surface area contributed by atoms with Gasteiger partial charge in [0, 0.05) is 24.8 Å². The number of nitrogens with zero attached hydrogens (tertiary/aromatic N) is 4. The second-order valence-electron chi connectivity index (χ2n) is 8.60. The fraction of sp³-hybridized carbons (Fsp3) is 0.409. The zero-order valence-electron chi connectivity index (χ0n) is 19.0. The number of hydrogen-bond donors (Lipinski definition) is 3. The molecule has 3 aromatic rings. The first-order valence-electron chi connectivity index (χ1n) is 10.8. The van der Waals surface area contributed by atoms with Gasteiger partial charge in [0.15, 0.2) is 11.5 Å². The van der Waals surface area contributed by atoms with Crippen LogP contribution in [0.2, 0.25) is 0 Å². The van der Waals surface area contributed by atoms with Crippen molar-refractivity contribution >= 4 is 22.9 Å². The van der Waals surface area contributed by atoms with E-state index in [9.17, 15) is 26.7 Å². The zero-order chi connectivity index (χ0) is 25.5. The molecule has 1 aliphatic rings. The van der Waals surface area contributed by atoms with E-state index >= 15 is 0 Å². The summed E-state index contributed by atoms with van der Waals surface area (Å²) in [6.45, 7) is 2.39. The van der Waals surface area contributed by atoms with Gasteiger partial charge in [-0.2, -0.15) is 18.3 Å². The number of rotatable bonds is 4. The highest BCUT2D eigenvalue weighted by molar-refractivity contribution is 5.94. The van der Waals surface area contributed by atoms with Crippen molar-refractivity contribution in [2.75, 3.05) is 37.2 Å². The van der Waals surface area contributed by atoms with E-state index in [2.05, 4.69) is 20.7 Å². The van der Waals surface area contributed by atoms with Gasteiger partial charge < -0.3 is 21.3 Å². The molecular weight excluding hydrogens is 473 g/mol. The number of anilines is 2. The Labute approximate surface area is 197 Å². The first-order chi connectivity index (χ1) is 16.3. The van der Waals surface area contributed by atoms with Crippen LogP contribution in [0.5, 0.6) is 0 Å². The van der Waals surface area contributed by atoms with Crippen molar-refractivity contribution in [3.63, 3.8) is 0 Å². The molecule has 1 amide bonds. The minimum absolute atomic E-state index is 0.0354. The lowest BCUT2D eigenvalue weighted by Gasteiger charge is -2.22. The Morgan fingerprint density at radius 3 is 2.71 bits per heavy atom. The first kappa shape index (κ1) is 24.6. The van der Waals surface area contributed by atoms with Crippen molar-refractivity contribution in [2.24, 2.45) is 0 Å². The van der Waals surface area contributed by atoms with Gasteiger partial charge in [0.05, 0.1) is 36.6 Å². The smallest absolute Gasteiger partial charge is 0.399 e. The molecule has 1 saturated heterocycles. The lowest BCUT2D eigenvalue weighted by atomic mass is 10.0. The van der Waals surface area contributed by atoms with E-state index in [-0.39, 0.29) is 35.9 Å². The van der Waals surface area contributed by atoms with Crippen LogP contribution in [0.15, 0.2) is 30.5 Å². The molecule has 1 aliphatic heterocycles. The van der Waals surface area contributed by atoms with Crippen molar-refractivity contribution in [3.8, 4) is 0 Å². The van der Waals surface area contributed by atoms with Gasteiger partial charge in [-0.05, 0) is 37.6 Å². The number of fused-ring (bicyclic) bond motifs is 1. The molecule has 0 radical (unpaired) electrons. The Kier molecular flexibility index (Phi) is 6.30. The van der Waals surface area contributed by atoms with E-state index in [1.165, 1.54) is 16.6 Å². The summed E-state index contributed by atoms with van der Waals surface area (Å²) < 4.78 is 69.0. The Bertz CT molecular complexity index is 1260. The maximum Gasteiger partial charge on any atom is 0.416 e. The standard InChI is InChI=1S/C22H24F5N7O/c1-12-9-34-18(8-17(32-34)20(35)33-4-3-29-10-21(23,24)11-33)19(30-12)31-13(2)14-5-15(22(25,26)27)7-16(28)6-14/h5-9,13,29H,3-4,10-11,28H2,1-2H3,(H,30,31)/t13-/m1/s1. The number of hydrogen-bond acceptors (Lipinski definition) is 6. The van der Waals surface area contributed by atoms with Gasteiger partial charge in [-0.15, -0.1) is 0 Å². The average Bonchev–Trinajstić information content (AvgIpc) is 3.09. The van der Waals surface area contributed by atoms with Crippen molar-refractivity contribution in [1.82, 2.24) is 24.8 Å². The van der Waals surface area contributed by atoms with Gasteiger partial charge in [-0.1, -0.05) is 0 Å². The lowest BCUT2D eigenvalue weighted by Crippen LogP contribution is -2.41. The largest absolute Gasteiger partial charge is 0.416 e. The Morgan fingerprint density at radius 1 is 1.26 bits per heavy atom. The van der Waals surface area contributed by atoms with Gasteiger partial charge in [-0.3, -0.25) is 4.79 Å². The number of amides is 1. The number of carbonyl (C=O) groups is 1. The van der Waals surface area contributed by atoms with Crippen LogP contribution in [0.25, 0.3) is 5.52 Å². The predicted molar refractivity (Wildman–Crippen MR) is 119 cm³/mol. The third-order valence-corrected chi connectivity index (χ3v) is 5.60. The fourth-order valence-electron chi connectivity index (χ4n) is 3.93. The maximum absolute atomic E-state index is 14.0. The molecule has 1 atom stereocenters. The third kappa shape index (κ3) is 5.45. The van der Waals surface area contributed by atoms with Crippen LogP contribution in [-0.2, 0) is 6.18 Å². The van der Waals surface area contributed by atoms with Crippen molar-refractivity contribution in [1.29, 1.82) is 0 Å². The molecule has 3 heterocycles. The first-order valence-corrected chi connectivity index (χ1v) is 10.8. The quantitative estimate of drug-likeness (QED) is 0.377. The summed E-state index contributed by atoms with van der Waals surface area (Å²) in [6.07, 6.45) is -3.00. The number of carbonyl (C=O) groups excluding carboxylic acids is 1. The summed E-state index contributed by atoms with van der Waals surface area (Å²) in [5, 5.41) is 9.90. The maximum atomic E-state index is 14.0. The van der Waals surface area contributed by atoms with Crippen molar-refractivity contribution in [2.45, 2.75) is 32.0 Å². The molecule has 0 bridgehead atoms. The molecular formula is C22H24F5N7O. The van der Waals surface area contributed by atoms with Gasteiger partial charge in [0.25, 0.3) is 11.8 Å². The Balaban J connectivity index is 1.64. The molecule has 4 N–H and O–H groups in total. The number of alkyl halides is 5. The molecule has 0 saturated carbocycles. The fourth-order valence-corrected chi connectivity index (χ4v) is 3.93. The van der Waals surface area contributed by atoms with E-state index in [4.69, 9.17) is 5.73 Å². The SMILES string of the molecule is Cc1cn2nc(C(=O)N3CCNCC(F)(F)C3)cc2c(N[C@H](C)c2cc(N)cc(C(F)(F)F)c2)n1. The number of aromatic nitrogens is 3. The normalized spacial score (nSPS) is 17.3. The molecule has 8 nitrogen and oxygen atoms in total. The molecule has 1 fully saturated rings. The molecule has 4 rings (SSSR count). The summed E-state index contributed by atoms with van der Waals surface area (Å²) >= 11 is 0. The van der Waals surface area contributed by atoms with E-state index in [1.54, 1.807) is 20.0 Å². The molecule has 188 valence electrons. The number of benzene rings is 1. The zero-order valence-corrected chi connectivity index (χ0v) is 19.0. The van der Waals surface area contributed by atoms with Crippen molar-refractivity contribution < 1.29 is 26.7 Å². The Hall–Kier alpha value is -3.48. The minimum atomic E-state index is -4.56. The number of nitrogens with two attached hydrogens (primary N) is 1. The average molecular weight is 497 g/mol. The number of aryl methyl sites for hydroxylation is 1. The van der Waals surface area contributed by atoms with Crippen LogP contribution < -0.4 is 16.4 Å². The minimum Gasteiger partial charge on any atom is -0.399 e. The van der Waals surface area contributed by atoms with E-state index in [0.717, 1.165) is 17.0 Å². The number of nitrogens with one attached hydrogen (secondary N) is 2. The van der Waals surface area contributed by atoms with Crippen LogP contribution >= 0.6 is 0 Å².